The second-order valence-electron chi connectivity index (χ2n) is 3.90. The van der Waals surface area contributed by atoms with E-state index in [-0.39, 0.29) is 23.7 Å². The largest absolute Gasteiger partial charge is 0.477 e. The smallest absolute Gasteiger partial charge is 0.354 e. The number of aromatic nitrogens is 2. The van der Waals surface area contributed by atoms with E-state index >= 15 is 0 Å². The fourth-order valence-corrected chi connectivity index (χ4v) is 1.47. The predicted octanol–water partition coefficient (Wildman–Crippen LogP) is 1.24. The Kier molecular flexibility index (Phi) is 3.99. The molecule has 1 heterocycles. The van der Waals surface area contributed by atoms with Crippen molar-refractivity contribution in [2.24, 2.45) is 0 Å². The van der Waals surface area contributed by atoms with Gasteiger partial charge < -0.3 is 10.4 Å². The number of amides is 1. The molecule has 0 aliphatic heterocycles. The summed E-state index contributed by atoms with van der Waals surface area (Å²) >= 11 is 0. The minimum absolute atomic E-state index is 0.0421. The van der Waals surface area contributed by atoms with Crippen molar-refractivity contribution in [3.8, 4) is 0 Å². The zero-order chi connectivity index (χ0) is 14.5. The number of hydrogen-bond acceptors (Lipinski definition) is 4. The highest BCUT2D eigenvalue weighted by Crippen LogP contribution is 2.03. The van der Waals surface area contributed by atoms with Crippen LogP contribution in [0.5, 0.6) is 0 Å². The highest BCUT2D eigenvalue weighted by atomic mass is 19.1. The van der Waals surface area contributed by atoms with Crippen molar-refractivity contribution in [1.29, 1.82) is 0 Å². The van der Waals surface area contributed by atoms with Gasteiger partial charge >= 0.3 is 5.97 Å². The van der Waals surface area contributed by atoms with Gasteiger partial charge in [-0.05, 0) is 17.7 Å². The molecule has 0 spiro atoms. The molecule has 0 bridgehead atoms. The third kappa shape index (κ3) is 3.35. The van der Waals surface area contributed by atoms with E-state index in [9.17, 15) is 14.0 Å². The van der Waals surface area contributed by atoms with Crippen LogP contribution in [0.25, 0.3) is 0 Å². The molecular weight excluding hydrogens is 265 g/mol. The molecule has 0 atom stereocenters. The fourth-order valence-electron chi connectivity index (χ4n) is 1.47. The van der Waals surface area contributed by atoms with E-state index in [1.54, 1.807) is 0 Å². The van der Waals surface area contributed by atoms with Crippen molar-refractivity contribution >= 4 is 11.9 Å². The third-order valence-electron chi connectivity index (χ3n) is 2.49. The molecule has 0 aliphatic carbocycles. The Morgan fingerprint density at radius 3 is 2.45 bits per heavy atom. The maximum Gasteiger partial charge on any atom is 0.354 e. The number of nitrogens with zero attached hydrogens (tertiary/aromatic N) is 2. The minimum atomic E-state index is -1.24. The van der Waals surface area contributed by atoms with Crippen molar-refractivity contribution in [2.45, 2.75) is 6.54 Å². The van der Waals surface area contributed by atoms with E-state index < -0.39 is 11.9 Å². The molecule has 1 aromatic carbocycles. The van der Waals surface area contributed by atoms with Gasteiger partial charge in [0.15, 0.2) is 5.69 Å². The molecule has 20 heavy (non-hydrogen) atoms. The summed E-state index contributed by atoms with van der Waals surface area (Å²) in [6.07, 6.45) is 1.01. The molecular formula is C13H10FN3O3. The lowest BCUT2D eigenvalue weighted by molar-refractivity contribution is 0.0690. The van der Waals surface area contributed by atoms with Gasteiger partial charge in [0.05, 0.1) is 0 Å². The van der Waals surface area contributed by atoms with Gasteiger partial charge in [-0.25, -0.2) is 19.2 Å². The lowest BCUT2D eigenvalue weighted by Gasteiger charge is -2.05. The predicted molar refractivity (Wildman–Crippen MR) is 66.6 cm³/mol. The summed E-state index contributed by atoms with van der Waals surface area (Å²) in [6.45, 7) is 0.186. The molecule has 0 saturated carbocycles. The van der Waals surface area contributed by atoms with Crippen LogP contribution >= 0.6 is 0 Å². The molecule has 0 radical (unpaired) electrons. The Morgan fingerprint density at radius 2 is 1.80 bits per heavy atom. The first kappa shape index (κ1) is 13.6. The van der Waals surface area contributed by atoms with Crippen LogP contribution in [0.1, 0.15) is 26.5 Å². The summed E-state index contributed by atoms with van der Waals surface area (Å²) in [5.41, 5.74) is 0.415. The van der Waals surface area contributed by atoms with Crippen molar-refractivity contribution in [3.05, 3.63) is 59.4 Å². The fraction of sp³-hybridized carbons (Fsp3) is 0.0769. The zero-order valence-electron chi connectivity index (χ0n) is 10.2. The molecule has 2 N–H and O–H groups in total. The van der Waals surface area contributed by atoms with Gasteiger partial charge in [0.1, 0.15) is 17.8 Å². The lowest BCUT2D eigenvalue weighted by Crippen LogP contribution is -2.24. The van der Waals surface area contributed by atoms with Crippen LogP contribution in [0.2, 0.25) is 0 Å². The Hall–Kier alpha value is -2.83. The first-order valence-corrected chi connectivity index (χ1v) is 5.64. The first-order valence-electron chi connectivity index (χ1n) is 5.64. The average Bonchev–Trinajstić information content (AvgIpc) is 2.46. The van der Waals surface area contributed by atoms with Crippen molar-refractivity contribution in [3.63, 3.8) is 0 Å². The third-order valence-corrected chi connectivity index (χ3v) is 2.49. The van der Waals surface area contributed by atoms with E-state index in [0.717, 1.165) is 12.4 Å². The number of rotatable bonds is 4. The van der Waals surface area contributed by atoms with Crippen molar-refractivity contribution < 1.29 is 19.1 Å². The molecule has 7 heteroatoms. The highest BCUT2D eigenvalue weighted by molar-refractivity contribution is 5.94. The topological polar surface area (TPSA) is 92.2 Å². The number of nitrogens with one attached hydrogen (secondary N) is 1. The number of aromatic carboxylic acids is 1. The number of benzene rings is 1. The van der Waals surface area contributed by atoms with Crippen LogP contribution in [0.4, 0.5) is 4.39 Å². The molecule has 0 unspecified atom stereocenters. The Balaban J connectivity index is 2.03. The molecule has 6 nitrogen and oxygen atoms in total. The normalized spacial score (nSPS) is 10.1. The second kappa shape index (κ2) is 5.87. The zero-order valence-corrected chi connectivity index (χ0v) is 10.2. The number of halogens is 1. The summed E-state index contributed by atoms with van der Waals surface area (Å²) in [5.74, 6) is -2.12. The molecule has 1 amide bonds. The lowest BCUT2D eigenvalue weighted by atomic mass is 10.2. The van der Waals surface area contributed by atoms with Crippen LogP contribution in [0.3, 0.4) is 0 Å². The van der Waals surface area contributed by atoms with Gasteiger partial charge in [0.2, 0.25) is 0 Å². The molecule has 102 valence electrons. The number of carbonyl (C=O) groups is 2. The molecule has 0 fully saturated rings. The van der Waals surface area contributed by atoms with Gasteiger partial charge in [-0.15, -0.1) is 0 Å². The van der Waals surface area contributed by atoms with Crippen LogP contribution < -0.4 is 5.32 Å². The number of carboxylic acids is 1. The van der Waals surface area contributed by atoms with Gasteiger partial charge in [0.25, 0.3) is 5.91 Å². The van der Waals surface area contributed by atoms with E-state index in [2.05, 4.69) is 15.3 Å². The molecule has 0 aliphatic rings. The maximum atomic E-state index is 12.7. The molecule has 1 aromatic heterocycles. The van der Waals surface area contributed by atoms with Crippen molar-refractivity contribution in [1.82, 2.24) is 15.3 Å². The van der Waals surface area contributed by atoms with Crippen LogP contribution in [-0.2, 0) is 6.54 Å². The van der Waals surface area contributed by atoms with E-state index in [0.29, 0.717) is 5.56 Å². The number of carbonyl (C=O) groups excluding carboxylic acids is 1. The van der Waals surface area contributed by atoms with Gasteiger partial charge in [-0.2, -0.15) is 0 Å². The van der Waals surface area contributed by atoms with Gasteiger partial charge in [0, 0.05) is 12.6 Å². The molecule has 2 rings (SSSR count). The Bertz CT molecular complexity index is 644. The highest BCUT2D eigenvalue weighted by Gasteiger charge is 2.11. The number of carboxylic acid groups (broad SMARTS) is 1. The molecule has 0 saturated heterocycles. The summed E-state index contributed by atoms with van der Waals surface area (Å²) in [7, 11) is 0. The van der Waals surface area contributed by atoms with Crippen LogP contribution in [0, 0.1) is 5.82 Å². The van der Waals surface area contributed by atoms with E-state index in [4.69, 9.17) is 5.11 Å². The van der Waals surface area contributed by atoms with Crippen LogP contribution in [-0.4, -0.2) is 27.0 Å². The SMILES string of the molecule is O=C(O)c1cc(C(=O)NCc2ccc(F)cc2)ncn1. The Labute approximate surface area is 113 Å². The summed E-state index contributed by atoms with van der Waals surface area (Å²) in [5, 5.41) is 11.3. The average molecular weight is 275 g/mol. The van der Waals surface area contributed by atoms with Crippen LogP contribution in [0.15, 0.2) is 36.7 Å². The second-order valence-corrected chi connectivity index (χ2v) is 3.90. The van der Waals surface area contributed by atoms with Gasteiger partial charge in [-0.1, -0.05) is 12.1 Å². The first-order chi connectivity index (χ1) is 9.56. The van der Waals surface area contributed by atoms with E-state index in [1.165, 1.54) is 24.3 Å². The maximum absolute atomic E-state index is 12.7. The molecule has 2 aromatic rings. The monoisotopic (exact) mass is 275 g/mol. The summed E-state index contributed by atoms with van der Waals surface area (Å²) < 4.78 is 12.7. The van der Waals surface area contributed by atoms with Gasteiger partial charge in [-0.3, -0.25) is 4.79 Å². The van der Waals surface area contributed by atoms with Crippen molar-refractivity contribution in [2.75, 3.05) is 0 Å². The Morgan fingerprint density at radius 1 is 1.15 bits per heavy atom. The standard InChI is InChI=1S/C13H10FN3O3/c14-9-3-1-8(2-4-9)6-15-12(18)10-5-11(13(19)20)17-7-16-10/h1-5,7H,6H2,(H,15,18)(H,19,20). The van der Waals surface area contributed by atoms with E-state index in [1.807, 2.05) is 0 Å². The summed E-state index contributed by atoms with van der Waals surface area (Å²) in [4.78, 5) is 29.7. The minimum Gasteiger partial charge on any atom is -0.477 e. The quantitative estimate of drug-likeness (QED) is 0.875. The summed E-state index contributed by atoms with van der Waals surface area (Å²) in [6, 6.07) is 6.74. The number of hydrogen-bond donors (Lipinski definition) is 2.